The van der Waals surface area contributed by atoms with Gasteiger partial charge >= 0.3 is 0 Å². The van der Waals surface area contributed by atoms with Crippen LogP contribution in [0.5, 0.6) is 0 Å². The summed E-state index contributed by atoms with van der Waals surface area (Å²) in [7, 11) is 0. The molecule has 1 unspecified atom stereocenters. The van der Waals surface area contributed by atoms with Crippen molar-refractivity contribution in [2.24, 2.45) is 4.99 Å². The number of nitrogens with one attached hydrogen (secondary N) is 2. The highest BCUT2D eigenvalue weighted by molar-refractivity contribution is 5.79. The lowest BCUT2D eigenvalue weighted by Crippen LogP contribution is -2.41. The van der Waals surface area contributed by atoms with Gasteiger partial charge in [0.25, 0.3) is 0 Å². The predicted molar refractivity (Wildman–Crippen MR) is 98.0 cm³/mol. The monoisotopic (exact) mass is 335 g/mol. The molecule has 0 amide bonds. The molecule has 1 aromatic heterocycles. The van der Waals surface area contributed by atoms with Gasteiger partial charge in [-0.1, -0.05) is 6.42 Å². The number of likely N-dealkylation sites (tertiary alicyclic amines) is 1. The molecule has 2 rings (SSSR count). The van der Waals surface area contributed by atoms with Crippen molar-refractivity contribution >= 4 is 5.96 Å². The zero-order valence-electron chi connectivity index (χ0n) is 15.5. The minimum absolute atomic E-state index is 0.548. The van der Waals surface area contributed by atoms with E-state index in [2.05, 4.69) is 51.5 Å². The summed E-state index contributed by atoms with van der Waals surface area (Å²) >= 11 is 0. The maximum absolute atomic E-state index is 4.62. The van der Waals surface area contributed by atoms with Crippen LogP contribution in [0.25, 0.3) is 0 Å². The second-order valence-electron chi connectivity index (χ2n) is 6.39. The van der Waals surface area contributed by atoms with E-state index in [1.54, 1.807) is 6.33 Å². The van der Waals surface area contributed by atoms with E-state index < -0.39 is 0 Å². The first-order chi connectivity index (χ1) is 11.7. The molecular formula is C17H33N7. The average molecular weight is 336 g/mol. The largest absolute Gasteiger partial charge is 0.357 e. The Labute approximate surface area is 145 Å². The van der Waals surface area contributed by atoms with Gasteiger partial charge in [0.15, 0.2) is 11.8 Å². The van der Waals surface area contributed by atoms with Gasteiger partial charge in [-0.15, -0.1) is 10.2 Å². The molecule has 0 bridgehead atoms. The summed E-state index contributed by atoms with van der Waals surface area (Å²) in [5.41, 5.74) is 0. The van der Waals surface area contributed by atoms with Gasteiger partial charge in [0.05, 0.1) is 0 Å². The van der Waals surface area contributed by atoms with Crippen LogP contribution in [0.1, 0.15) is 52.3 Å². The third kappa shape index (κ3) is 5.78. The van der Waals surface area contributed by atoms with Crippen LogP contribution >= 0.6 is 0 Å². The highest BCUT2D eigenvalue weighted by Crippen LogP contribution is 2.15. The van der Waals surface area contributed by atoms with Crippen LogP contribution in [-0.2, 0) is 13.1 Å². The lowest BCUT2D eigenvalue weighted by Gasteiger charge is -2.33. The van der Waals surface area contributed by atoms with E-state index in [1.165, 1.54) is 25.8 Å². The molecule has 7 heteroatoms. The fourth-order valence-corrected chi connectivity index (χ4v) is 3.14. The zero-order chi connectivity index (χ0) is 17.2. The molecule has 1 aromatic rings. The lowest BCUT2D eigenvalue weighted by atomic mass is 10.0. The molecule has 1 fully saturated rings. The summed E-state index contributed by atoms with van der Waals surface area (Å²) in [5.74, 6) is 1.76. The topological polar surface area (TPSA) is 70.4 Å². The van der Waals surface area contributed by atoms with Crippen molar-refractivity contribution in [2.45, 2.75) is 65.6 Å². The molecule has 1 atom stereocenters. The Kier molecular flexibility index (Phi) is 8.01. The molecule has 1 aliphatic rings. The molecule has 0 aliphatic carbocycles. The van der Waals surface area contributed by atoms with Crippen LogP contribution in [0, 0.1) is 0 Å². The molecule has 1 saturated heterocycles. The highest BCUT2D eigenvalue weighted by Gasteiger charge is 2.17. The Morgan fingerprint density at radius 1 is 1.33 bits per heavy atom. The first kappa shape index (κ1) is 18.7. The third-order valence-corrected chi connectivity index (χ3v) is 4.61. The molecule has 2 heterocycles. The summed E-state index contributed by atoms with van der Waals surface area (Å²) in [6, 6.07) is 0.737. The molecule has 0 spiro atoms. The zero-order valence-corrected chi connectivity index (χ0v) is 15.5. The van der Waals surface area contributed by atoms with Gasteiger partial charge in [0, 0.05) is 32.2 Å². The maximum atomic E-state index is 4.62. The molecule has 1 aliphatic heterocycles. The minimum atomic E-state index is 0.548. The van der Waals surface area contributed by atoms with Gasteiger partial charge in [0.1, 0.15) is 12.9 Å². The van der Waals surface area contributed by atoms with Crippen LogP contribution < -0.4 is 10.6 Å². The Hall–Kier alpha value is -1.63. The van der Waals surface area contributed by atoms with E-state index in [0.717, 1.165) is 50.4 Å². The van der Waals surface area contributed by atoms with Gasteiger partial charge < -0.3 is 20.1 Å². The standard InChI is InChI=1S/C17H33N7/c1-4-18-17(20-13-16-22-21-14-23(16)5-2)19-10-8-12-24-11-7-6-9-15(24)3/h14-15H,4-13H2,1-3H3,(H2,18,19,20). The number of hydrogen-bond acceptors (Lipinski definition) is 4. The number of nitrogens with zero attached hydrogens (tertiary/aromatic N) is 5. The fourth-order valence-electron chi connectivity index (χ4n) is 3.14. The van der Waals surface area contributed by atoms with E-state index in [-0.39, 0.29) is 0 Å². The van der Waals surface area contributed by atoms with Gasteiger partial charge in [-0.2, -0.15) is 0 Å². The summed E-state index contributed by atoms with van der Waals surface area (Å²) in [4.78, 5) is 7.23. The molecule has 7 nitrogen and oxygen atoms in total. The molecule has 0 saturated carbocycles. The van der Waals surface area contributed by atoms with Crippen LogP contribution in [-0.4, -0.2) is 57.8 Å². The van der Waals surface area contributed by atoms with Crippen molar-refractivity contribution in [2.75, 3.05) is 26.2 Å². The van der Waals surface area contributed by atoms with Crippen LogP contribution in [0.15, 0.2) is 11.3 Å². The number of hydrogen-bond donors (Lipinski definition) is 2. The molecular weight excluding hydrogens is 302 g/mol. The molecule has 136 valence electrons. The second kappa shape index (κ2) is 10.3. The van der Waals surface area contributed by atoms with E-state index in [9.17, 15) is 0 Å². The van der Waals surface area contributed by atoms with Crippen LogP contribution in [0.2, 0.25) is 0 Å². The summed E-state index contributed by atoms with van der Waals surface area (Å²) in [5, 5.41) is 14.8. The van der Waals surface area contributed by atoms with Crippen molar-refractivity contribution in [3.63, 3.8) is 0 Å². The van der Waals surface area contributed by atoms with Crippen LogP contribution in [0.4, 0.5) is 0 Å². The normalized spacial score (nSPS) is 19.5. The Balaban J connectivity index is 1.75. The Morgan fingerprint density at radius 3 is 2.96 bits per heavy atom. The highest BCUT2D eigenvalue weighted by atomic mass is 15.3. The van der Waals surface area contributed by atoms with Gasteiger partial charge in [-0.3, -0.25) is 0 Å². The van der Waals surface area contributed by atoms with Crippen molar-refractivity contribution in [1.29, 1.82) is 0 Å². The average Bonchev–Trinajstić information content (AvgIpc) is 3.05. The number of guanidine groups is 1. The lowest BCUT2D eigenvalue weighted by molar-refractivity contribution is 0.159. The van der Waals surface area contributed by atoms with Crippen LogP contribution in [0.3, 0.4) is 0 Å². The van der Waals surface area contributed by atoms with Gasteiger partial charge in [-0.05, 0) is 46.6 Å². The SMILES string of the molecule is CCNC(=NCc1nncn1CC)NCCCN1CCCCC1C. The number of aliphatic imine (C=N–C) groups is 1. The first-order valence-electron chi connectivity index (χ1n) is 9.37. The second-order valence-corrected chi connectivity index (χ2v) is 6.39. The van der Waals surface area contributed by atoms with Crippen molar-refractivity contribution in [3.8, 4) is 0 Å². The molecule has 2 N–H and O–H groups in total. The minimum Gasteiger partial charge on any atom is -0.357 e. The van der Waals surface area contributed by atoms with E-state index >= 15 is 0 Å². The first-order valence-corrected chi connectivity index (χ1v) is 9.37. The molecule has 0 radical (unpaired) electrons. The van der Waals surface area contributed by atoms with Crippen molar-refractivity contribution in [3.05, 3.63) is 12.2 Å². The van der Waals surface area contributed by atoms with E-state index in [4.69, 9.17) is 0 Å². The number of aryl methyl sites for hydroxylation is 1. The Bertz CT molecular complexity index is 497. The summed E-state index contributed by atoms with van der Waals surface area (Å²) in [6.45, 7) is 12.2. The van der Waals surface area contributed by atoms with Crippen molar-refractivity contribution in [1.82, 2.24) is 30.3 Å². The maximum Gasteiger partial charge on any atom is 0.191 e. The van der Waals surface area contributed by atoms with Gasteiger partial charge in [0.2, 0.25) is 0 Å². The Morgan fingerprint density at radius 2 is 2.21 bits per heavy atom. The third-order valence-electron chi connectivity index (χ3n) is 4.61. The van der Waals surface area contributed by atoms with Gasteiger partial charge in [-0.25, -0.2) is 4.99 Å². The number of aromatic nitrogens is 3. The number of piperidine rings is 1. The summed E-state index contributed by atoms with van der Waals surface area (Å²) in [6.07, 6.45) is 6.97. The van der Waals surface area contributed by atoms with E-state index in [1.807, 2.05) is 4.57 Å². The summed E-state index contributed by atoms with van der Waals surface area (Å²) < 4.78 is 2.02. The predicted octanol–water partition coefficient (Wildman–Crippen LogP) is 1.62. The quantitative estimate of drug-likeness (QED) is 0.429. The van der Waals surface area contributed by atoms with E-state index in [0.29, 0.717) is 6.54 Å². The smallest absolute Gasteiger partial charge is 0.191 e. The van der Waals surface area contributed by atoms with Crippen molar-refractivity contribution < 1.29 is 0 Å². The molecule has 0 aromatic carbocycles. The number of rotatable bonds is 8. The molecule has 24 heavy (non-hydrogen) atoms. The fraction of sp³-hybridized carbons (Fsp3) is 0.824.